The van der Waals surface area contributed by atoms with E-state index in [2.05, 4.69) is 15.6 Å². The summed E-state index contributed by atoms with van der Waals surface area (Å²) in [5.41, 5.74) is 0.764. The largest absolute Gasteiger partial charge is 0.497 e. The number of hydrogen-bond donors (Lipinski definition) is 3. The standard InChI is InChI=1S/C19H30N4O4/c1-4-20-18(22-15-8-10-23(11-9-15)19(25)27-3)21-13-17(24)14-6-5-7-16(12-14)26-2/h5-7,12,15,17,24H,4,8-11,13H2,1-3H3,(H2,20,21,22). The van der Waals surface area contributed by atoms with Gasteiger partial charge in [0, 0.05) is 25.7 Å². The van der Waals surface area contributed by atoms with Gasteiger partial charge in [-0.05, 0) is 37.5 Å². The minimum atomic E-state index is -0.711. The quantitative estimate of drug-likeness (QED) is 0.513. The molecule has 1 aromatic carbocycles. The van der Waals surface area contributed by atoms with Crippen molar-refractivity contribution in [2.45, 2.75) is 31.9 Å². The second-order valence-electron chi connectivity index (χ2n) is 6.39. The van der Waals surface area contributed by atoms with Gasteiger partial charge in [-0.2, -0.15) is 0 Å². The van der Waals surface area contributed by atoms with Crippen molar-refractivity contribution in [2.24, 2.45) is 4.99 Å². The highest BCUT2D eigenvalue weighted by molar-refractivity contribution is 5.80. The molecule has 0 aliphatic carbocycles. The van der Waals surface area contributed by atoms with Crippen LogP contribution in [0.15, 0.2) is 29.3 Å². The molecule has 1 aliphatic rings. The molecule has 3 N–H and O–H groups in total. The third kappa shape index (κ3) is 6.32. The maximum Gasteiger partial charge on any atom is 0.409 e. The van der Waals surface area contributed by atoms with E-state index in [0.29, 0.717) is 24.8 Å². The van der Waals surface area contributed by atoms with Crippen molar-refractivity contribution in [3.8, 4) is 5.75 Å². The Bertz CT molecular complexity index is 630. The molecule has 1 aliphatic heterocycles. The molecule has 0 radical (unpaired) electrons. The number of aliphatic hydroxyl groups excluding tert-OH is 1. The number of carbonyl (C=O) groups excluding carboxylic acids is 1. The number of aliphatic imine (C=N–C) groups is 1. The first-order valence-electron chi connectivity index (χ1n) is 9.27. The van der Waals surface area contributed by atoms with Crippen LogP contribution in [0.5, 0.6) is 5.75 Å². The zero-order chi connectivity index (χ0) is 19.6. The normalized spacial score (nSPS) is 16.6. The topological polar surface area (TPSA) is 95.4 Å². The summed E-state index contributed by atoms with van der Waals surface area (Å²) in [5.74, 6) is 1.37. The third-order valence-corrected chi connectivity index (χ3v) is 4.51. The van der Waals surface area contributed by atoms with E-state index >= 15 is 0 Å². The molecule has 1 aromatic rings. The fourth-order valence-electron chi connectivity index (χ4n) is 2.98. The van der Waals surface area contributed by atoms with Crippen molar-refractivity contribution in [3.05, 3.63) is 29.8 Å². The molecule has 1 saturated heterocycles. The van der Waals surface area contributed by atoms with Crippen LogP contribution in [0, 0.1) is 0 Å². The number of likely N-dealkylation sites (tertiary alicyclic amines) is 1. The first-order chi connectivity index (χ1) is 13.1. The van der Waals surface area contributed by atoms with Crippen molar-refractivity contribution < 1.29 is 19.4 Å². The number of ether oxygens (including phenoxy) is 2. The molecule has 1 fully saturated rings. The van der Waals surface area contributed by atoms with Gasteiger partial charge in [0.25, 0.3) is 0 Å². The highest BCUT2D eigenvalue weighted by Crippen LogP contribution is 2.19. The summed E-state index contributed by atoms with van der Waals surface area (Å²) in [6.07, 6.45) is 0.641. The first-order valence-corrected chi connectivity index (χ1v) is 9.27. The fraction of sp³-hybridized carbons (Fsp3) is 0.579. The summed E-state index contributed by atoms with van der Waals surface area (Å²) >= 11 is 0. The minimum absolute atomic E-state index is 0.220. The monoisotopic (exact) mass is 378 g/mol. The Kier molecular flexibility index (Phi) is 8.19. The van der Waals surface area contributed by atoms with E-state index in [-0.39, 0.29) is 18.7 Å². The van der Waals surface area contributed by atoms with Crippen molar-refractivity contribution in [1.29, 1.82) is 0 Å². The summed E-state index contributed by atoms with van der Waals surface area (Å²) in [5, 5.41) is 17.0. The number of amides is 1. The molecule has 2 rings (SSSR count). The van der Waals surface area contributed by atoms with Crippen LogP contribution < -0.4 is 15.4 Å². The third-order valence-electron chi connectivity index (χ3n) is 4.51. The molecule has 27 heavy (non-hydrogen) atoms. The summed E-state index contributed by atoms with van der Waals surface area (Å²) in [6.45, 7) is 4.26. The van der Waals surface area contributed by atoms with Crippen molar-refractivity contribution in [2.75, 3.05) is 40.4 Å². The van der Waals surface area contributed by atoms with Crippen LogP contribution in [-0.4, -0.2) is 68.5 Å². The molecule has 1 unspecified atom stereocenters. The second kappa shape index (κ2) is 10.6. The number of nitrogens with zero attached hydrogens (tertiary/aromatic N) is 2. The Morgan fingerprint density at radius 1 is 1.37 bits per heavy atom. The fourth-order valence-corrected chi connectivity index (χ4v) is 2.98. The summed E-state index contributed by atoms with van der Waals surface area (Å²) in [4.78, 5) is 17.8. The maximum absolute atomic E-state index is 11.6. The molecule has 1 heterocycles. The zero-order valence-electron chi connectivity index (χ0n) is 16.3. The molecule has 1 amide bonds. The maximum atomic E-state index is 11.6. The van der Waals surface area contributed by atoms with Crippen LogP contribution in [0.4, 0.5) is 4.79 Å². The van der Waals surface area contributed by atoms with Crippen molar-refractivity contribution >= 4 is 12.1 Å². The lowest BCUT2D eigenvalue weighted by molar-refractivity contribution is 0.111. The van der Waals surface area contributed by atoms with Crippen LogP contribution in [-0.2, 0) is 4.74 Å². The highest BCUT2D eigenvalue weighted by atomic mass is 16.5. The predicted octanol–water partition coefficient (Wildman–Crippen LogP) is 1.51. The number of rotatable bonds is 6. The van der Waals surface area contributed by atoms with E-state index in [0.717, 1.165) is 24.9 Å². The highest BCUT2D eigenvalue weighted by Gasteiger charge is 2.23. The number of carbonyl (C=O) groups is 1. The van der Waals surface area contributed by atoms with E-state index in [4.69, 9.17) is 9.47 Å². The second-order valence-corrected chi connectivity index (χ2v) is 6.39. The average Bonchev–Trinajstić information content (AvgIpc) is 2.71. The van der Waals surface area contributed by atoms with Crippen LogP contribution in [0.1, 0.15) is 31.4 Å². The molecule has 8 heteroatoms. The average molecular weight is 378 g/mol. The van der Waals surface area contributed by atoms with E-state index in [1.807, 2.05) is 31.2 Å². The molecule has 8 nitrogen and oxygen atoms in total. The van der Waals surface area contributed by atoms with Crippen LogP contribution in [0.25, 0.3) is 0 Å². The lowest BCUT2D eigenvalue weighted by Crippen LogP contribution is -2.49. The molecule has 1 atom stereocenters. The Morgan fingerprint density at radius 2 is 2.11 bits per heavy atom. The van der Waals surface area contributed by atoms with Gasteiger partial charge >= 0.3 is 6.09 Å². The summed E-state index contributed by atoms with van der Waals surface area (Å²) < 4.78 is 9.96. The van der Waals surface area contributed by atoms with Gasteiger partial charge in [0.2, 0.25) is 0 Å². The van der Waals surface area contributed by atoms with Gasteiger partial charge in [0.05, 0.1) is 26.9 Å². The summed E-state index contributed by atoms with van der Waals surface area (Å²) in [7, 11) is 3.00. The Balaban J connectivity index is 1.91. The van der Waals surface area contributed by atoms with Crippen LogP contribution >= 0.6 is 0 Å². The van der Waals surface area contributed by atoms with Crippen molar-refractivity contribution in [1.82, 2.24) is 15.5 Å². The van der Waals surface area contributed by atoms with Gasteiger partial charge in [-0.1, -0.05) is 12.1 Å². The Labute approximate surface area is 160 Å². The Morgan fingerprint density at radius 3 is 2.74 bits per heavy atom. The van der Waals surface area contributed by atoms with Crippen LogP contribution in [0.3, 0.4) is 0 Å². The summed E-state index contributed by atoms with van der Waals surface area (Å²) in [6, 6.07) is 7.57. The van der Waals surface area contributed by atoms with Gasteiger partial charge in [-0.15, -0.1) is 0 Å². The molecule has 0 saturated carbocycles. The minimum Gasteiger partial charge on any atom is -0.497 e. The van der Waals surface area contributed by atoms with E-state index in [9.17, 15) is 9.90 Å². The van der Waals surface area contributed by atoms with Gasteiger partial charge in [0.15, 0.2) is 5.96 Å². The molecular weight excluding hydrogens is 348 g/mol. The van der Waals surface area contributed by atoms with Crippen LogP contribution in [0.2, 0.25) is 0 Å². The molecule has 0 aromatic heterocycles. The molecular formula is C19H30N4O4. The SMILES string of the molecule is CCNC(=NCC(O)c1cccc(OC)c1)NC1CCN(C(=O)OC)CC1. The lowest BCUT2D eigenvalue weighted by Gasteiger charge is -2.32. The van der Waals surface area contributed by atoms with Gasteiger partial charge in [0.1, 0.15) is 5.75 Å². The number of benzene rings is 1. The van der Waals surface area contributed by atoms with Gasteiger partial charge in [-0.3, -0.25) is 4.99 Å². The number of nitrogens with one attached hydrogen (secondary N) is 2. The predicted molar refractivity (Wildman–Crippen MR) is 104 cm³/mol. The first kappa shape index (κ1) is 20.8. The molecule has 0 bridgehead atoms. The van der Waals surface area contributed by atoms with E-state index in [1.54, 1.807) is 12.0 Å². The lowest BCUT2D eigenvalue weighted by atomic mass is 10.1. The van der Waals surface area contributed by atoms with E-state index < -0.39 is 6.10 Å². The number of guanidine groups is 1. The number of methoxy groups -OCH3 is 2. The van der Waals surface area contributed by atoms with Gasteiger partial charge < -0.3 is 30.1 Å². The smallest absolute Gasteiger partial charge is 0.409 e. The number of hydrogen-bond acceptors (Lipinski definition) is 5. The number of piperidine rings is 1. The molecule has 150 valence electrons. The van der Waals surface area contributed by atoms with Crippen molar-refractivity contribution in [3.63, 3.8) is 0 Å². The Hall–Kier alpha value is -2.48. The van der Waals surface area contributed by atoms with Gasteiger partial charge in [-0.25, -0.2) is 4.79 Å². The number of aliphatic hydroxyl groups is 1. The molecule has 0 spiro atoms. The zero-order valence-corrected chi connectivity index (χ0v) is 16.3. The van der Waals surface area contributed by atoms with E-state index in [1.165, 1.54) is 7.11 Å².